The van der Waals surface area contributed by atoms with Gasteiger partial charge in [-0.25, -0.2) is 17.9 Å². The fraction of sp³-hybridized carbons (Fsp3) is 0.579. The van der Waals surface area contributed by atoms with E-state index in [4.69, 9.17) is 4.74 Å². The molecule has 1 amide bonds. The van der Waals surface area contributed by atoms with Crippen molar-refractivity contribution in [2.24, 2.45) is 0 Å². The molecule has 1 aromatic carbocycles. The second-order valence-electron chi connectivity index (χ2n) is 6.66. The Morgan fingerprint density at radius 2 is 1.89 bits per heavy atom. The summed E-state index contributed by atoms with van der Waals surface area (Å²) in [6.07, 6.45) is 3.05. The molecule has 2 rings (SSSR count). The summed E-state index contributed by atoms with van der Waals surface area (Å²) < 4.78 is 31.6. The Hall–Kier alpha value is -1.93. The summed E-state index contributed by atoms with van der Waals surface area (Å²) in [5, 5.41) is 0. The topological polar surface area (TPSA) is 92.8 Å². The minimum atomic E-state index is -3.58. The van der Waals surface area contributed by atoms with Gasteiger partial charge in [-0.1, -0.05) is 13.8 Å². The number of nitrogens with zero attached hydrogens (tertiary/aromatic N) is 1. The summed E-state index contributed by atoms with van der Waals surface area (Å²) >= 11 is 0. The van der Waals surface area contributed by atoms with E-state index in [0.717, 1.165) is 25.7 Å². The van der Waals surface area contributed by atoms with E-state index in [1.54, 1.807) is 13.8 Å². The van der Waals surface area contributed by atoms with E-state index >= 15 is 0 Å². The largest absolute Gasteiger partial charge is 0.449 e. The van der Waals surface area contributed by atoms with Gasteiger partial charge in [0.1, 0.15) is 0 Å². The van der Waals surface area contributed by atoms with E-state index in [1.165, 1.54) is 24.3 Å². The van der Waals surface area contributed by atoms with Crippen LogP contribution in [0.2, 0.25) is 0 Å². The minimum Gasteiger partial charge on any atom is -0.449 e. The molecule has 8 heteroatoms. The van der Waals surface area contributed by atoms with Crippen LogP contribution in [-0.2, 0) is 19.6 Å². The van der Waals surface area contributed by atoms with Gasteiger partial charge in [-0.15, -0.1) is 0 Å². The van der Waals surface area contributed by atoms with Crippen LogP contribution in [0.5, 0.6) is 0 Å². The number of ether oxygens (including phenoxy) is 1. The van der Waals surface area contributed by atoms with Gasteiger partial charge in [-0.05, 0) is 56.9 Å². The van der Waals surface area contributed by atoms with Crippen LogP contribution in [0.25, 0.3) is 0 Å². The van der Waals surface area contributed by atoms with Crippen LogP contribution >= 0.6 is 0 Å². The highest BCUT2D eigenvalue weighted by molar-refractivity contribution is 7.89. The summed E-state index contributed by atoms with van der Waals surface area (Å²) in [7, 11) is -3.58. The third-order valence-electron chi connectivity index (χ3n) is 4.75. The van der Waals surface area contributed by atoms with Gasteiger partial charge < -0.3 is 9.64 Å². The number of esters is 1. The van der Waals surface area contributed by atoms with Crippen LogP contribution < -0.4 is 4.72 Å². The molecule has 0 aromatic heterocycles. The van der Waals surface area contributed by atoms with Crippen molar-refractivity contribution in [2.75, 3.05) is 13.1 Å². The number of carbonyl (C=O) groups is 2. The number of sulfonamides is 1. The number of piperidine rings is 1. The van der Waals surface area contributed by atoms with E-state index in [0.29, 0.717) is 6.54 Å². The van der Waals surface area contributed by atoms with Crippen LogP contribution in [0.15, 0.2) is 29.2 Å². The molecule has 1 aliphatic heterocycles. The molecule has 1 aromatic rings. The molecule has 0 saturated carbocycles. The first-order valence-corrected chi connectivity index (χ1v) is 10.9. The molecule has 150 valence electrons. The maximum absolute atomic E-state index is 12.7. The molecular weight excluding hydrogens is 368 g/mol. The van der Waals surface area contributed by atoms with Gasteiger partial charge >= 0.3 is 5.97 Å². The van der Waals surface area contributed by atoms with Gasteiger partial charge in [0.15, 0.2) is 6.10 Å². The van der Waals surface area contributed by atoms with Crippen molar-refractivity contribution in [3.8, 4) is 0 Å². The van der Waals surface area contributed by atoms with Crippen molar-refractivity contribution < 1.29 is 22.7 Å². The molecule has 0 aliphatic carbocycles. The van der Waals surface area contributed by atoms with Crippen molar-refractivity contribution in [2.45, 2.75) is 63.5 Å². The molecule has 1 heterocycles. The molecule has 1 aliphatic rings. The molecule has 0 bridgehead atoms. The Labute approximate surface area is 161 Å². The molecule has 1 N–H and O–H groups in total. The van der Waals surface area contributed by atoms with Gasteiger partial charge in [-0.3, -0.25) is 4.79 Å². The van der Waals surface area contributed by atoms with Gasteiger partial charge in [0.2, 0.25) is 10.0 Å². The fourth-order valence-electron chi connectivity index (χ4n) is 3.27. The number of rotatable bonds is 7. The highest BCUT2D eigenvalue weighted by atomic mass is 32.2. The van der Waals surface area contributed by atoms with Crippen LogP contribution in [0.1, 0.15) is 56.8 Å². The zero-order valence-corrected chi connectivity index (χ0v) is 16.9. The van der Waals surface area contributed by atoms with Crippen LogP contribution in [0.4, 0.5) is 0 Å². The van der Waals surface area contributed by atoms with Crippen molar-refractivity contribution in [3.63, 3.8) is 0 Å². The third-order valence-corrected chi connectivity index (χ3v) is 6.31. The second kappa shape index (κ2) is 9.32. The summed E-state index contributed by atoms with van der Waals surface area (Å²) in [5.41, 5.74) is 0.204. The Kier molecular flexibility index (Phi) is 7.38. The monoisotopic (exact) mass is 396 g/mol. The Morgan fingerprint density at radius 3 is 2.48 bits per heavy atom. The standard InChI is InChI=1S/C19H28N2O5S/c1-4-16-8-6-7-13-21(16)18(22)14(3)26-19(23)15-9-11-17(12-10-15)27(24,25)20-5-2/h9-12,14,16,20H,4-8,13H2,1-3H3. The molecule has 2 unspecified atom stereocenters. The number of hydrogen-bond acceptors (Lipinski definition) is 5. The summed E-state index contributed by atoms with van der Waals surface area (Å²) in [4.78, 5) is 26.9. The molecule has 7 nitrogen and oxygen atoms in total. The molecule has 2 atom stereocenters. The number of hydrogen-bond donors (Lipinski definition) is 1. The summed E-state index contributed by atoms with van der Waals surface area (Å²) in [5.74, 6) is -0.824. The number of carbonyl (C=O) groups excluding carboxylic acids is 2. The maximum atomic E-state index is 12.7. The zero-order valence-electron chi connectivity index (χ0n) is 16.1. The highest BCUT2D eigenvalue weighted by Gasteiger charge is 2.30. The summed E-state index contributed by atoms with van der Waals surface area (Å²) in [6.45, 7) is 6.28. The van der Waals surface area contributed by atoms with Crippen molar-refractivity contribution in [1.29, 1.82) is 0 Å². The minimum absolute atomic E-state index is 0.0733. The lowest BCUT2D eigenvalue weighted by Crippen LogP contribution is -2.48. The van der Waals surface area contributed by atoms with Crippen molar-refractivity contribution in [1.82, 2.24) is 9.62 Å². The van der Waals surface area contributed by atoms with Crippen LogP contribution in [-0.4, -0.2) is 50.4 Å². The molecule has 1 saturated heterocycles. The second-order valence-corrected chi connectivity index (χ2v) is 8.43. The van der Waals surface area contributed by atoms with E-state index in [2.05, 4.69) is 11.6 Å². The van der Waals surface area contributed by atoms with Crippen LogP contribution in [0, 0.1) is 0 Å². The quantitative estimate of drug-likeness (QED) is 0.714. The predicted molar refractivity (Wildman–Crippen MR) is 102 cm³/mol. The van der Waals surface area contributed by atoms with Crippen LogP contribution in [0.3, 0.4) is 0 Å². The first-order chi connectivity index (χ1) is 12.8. The van der Waals surface area contributed by atoms with Crippen molar-refractivity contribution >= 4 is 21.9 Å². The smallest absolute Gasteiger partial charge is 0.338 e. The normalized spacial score (nSPS) is 18.8. The lowest BCUT2D eigenvalue weighted by atomic mass is 9.99. The number of likely N-dealkylation sites (tertiary alicyclic amines) is 1. The maximum Gasteiger partial charge on any atom is 0.338 e. The first-order valence-electron chi connectivity index (χ1n) is 9.41. The number of amides is 1. The lowest BCUT2D eigenvalue weighted by Gasteiger charge is -2.36. The molecule has 27 heavy (non-hydrogen) atoms. The lowest BCUT2D eigenvalue weighted by molar-refractivity contribution is -0.143. The Bertz CT molecular complexity index is 761. The number of benzene rings is 1. The van der Waals surface area contributed by atoms with Gasteiger partial charge in [-0.2, -0.15) is 0 Å². The molecule has 1 fully saturated rings. The fourth-order valence-corrected chi connectivity index (χ4v) is 4.31. The Morgan fingerprint density at radius 1 is 1.22 bits per heavy atom. The van der Waals surface area contributed by atoms with Gasteiger partial charge in [0.05, 0.1) is 10.5 Å². The molecule has 0 spiro atoms. The van der Waals surface area contributed by atoms with Gasteiger partial charge in [0.25, 0.3) is 5.91 Å². The van der Waals surface area contributed by atoms with Crippen molar-refractivity contribution in [3.05, 3.63) is 29.8 Å². The summed E-state index contributed by atoms with van der Waals surface area (Å²) in [6, 6.07) is 5.67. The average molecular weight is 397 g/mol. The van der Waals surface area contributed by atoms with E-state index in [1.807, 2.05) is 4.90 Å². The number of nitrogens with one attached hydrogen (secondary N) is 1. The van der Waals surface area contributed by atoms with E-state index in [-0.39, 0.29) is 29.0 Å². The average Bonchev–Trinajstić information content (AvgIpc) is 2.67. The first kappa shape index (κ1) is 21.4. The van der Waals surface area contributed by atoms with Gasteiger partial charge in [0, 0.05) is 19.1 Å². The highest BCUT2D eigenvalue weighted by Crippen LogP contribution is 2.21. The van der Waals surface area contributed by atoms with E-state index < -0.39 is 22.1 Å². The Balaban J connectivity index is 2.02. The van der Waals surface area contributed by atoms with E-state index in [9.17, 15) is 18.0 Å². The SMILES string of the molecule is CCNS(=O)(=O)c1ccc(C(=O)OC(C)C(=O)N2CCCCC2CC)cc1. The molecular formula is C19H28N2O5S. The molecule has 0 radical (unpaired) electrons. The third kappa shape index (κ3) is 5.29. The predicted octanol–water partition coefficient (Wildman–Crippen LogP) is 2.32. The zero-order chi connectivity index (χ0) is 20.0.